The maximum atomic E-state index is 6.77. The zero-order chi connectivity index (χ0) is 25.4. The van der Waals surface area contributed by atoms with Crippen LogP contribution in [0.3, 0.4) is 0 Å². The molecule has 1 spiro atoms. The van der Waals surface area contributed by atoms with Gasteiger partial charge in [0.15, 0.2) is 0 Å². The average Bonchev–Trinajstić information content (AvgIpc) is 3.58. The molecule has 0 fully saturated rings. The summed E-state index contributed by atoms with van der Waals surface area (Å²) in [6, 6.07) is 43.1. The lowest BCUT2D eigenvalue weighted by Crippen LogP contribution is -2.26. The molecule has 0 N–H and O–H groups in total. The van der Waals surface area contributed by atoms with Gasteiger partial charge >= 0.3 is 0 Å². The van der Waals surface area contributed by atoms with Gasteiger partial charge in [0.1, 0.15) is 0 Å². The van der Waals surface area contributed by atoms with Crippen LogP contribution in [0, 0.1) is 0 Å². The quantitative estimate of drug-likeness (QED) is 0.203. The van der Waals surface area contributed by atoms with E-state index in [1.165, 1.54) is 65.4 Å². The third-order valence-electron chi connectivity index (χ3n) is 8.02. The fraction of sp³-hybridized carbons (Fsp3) is 0.0286. The molecule has 3 heteroatoms. The smallest absolute Gasteiger partial charge is 0.0741 e. The van der Waals surface area contributed by atoms with Crippen LogP contribution in [0.2, 0.25) is 10.0 Å². The van der Waals surface area contributed by atoms with Crippen molar-refractivity contribution in [2.45, 2.75) is 5.41 Å². The molecule has 1 aromatic heterocycles. The molecule has 2 aliphatic rings. The molecule has 8 rings (SSSR count). The van der Waals surface area contributed by atoms with Crippen molar-refractivity contribution >= 4 is 34.5 Å². The highest BCUT2D eigenvalue weighted by Gasteiger charge is 2.54. The first-order valence-corrected chi connectivity index (χ1v) is 14.2. The maximum absolute atomic E-state index is 6.77. The summed E-state index contributed by atoms with van der Waals surface area (Å²) in [7, 11) is 0. The van der Waals surface area contributed by atoms with E-state index in [1.807, 2.05) is 23.5 Å². The van der Waals surface area contributed by atoms with Gasteiger partial charge in [-0.05, 0) is 74.3 Å². The number of halogens is 2. The van der Waals surface area contributed by atoms with E-state index in [2.05, 4.69) is 109 Å². The molecule has 0 radical (unpaired) electrons. The predicted molar refractivity (Wildman–Crippen MR) is 162 cm³/mol. The van der Waals surface area contributed by atoms with Crippen molar-refractivity contribution in [3.05, 3.63) is 154 Å². The Kier molecular flexibility index (Phi) is 4.82. The Hall–Kier alpha value is -3.62. The molecule has 0 saturated carbocycles. The highest BCUT2D eigenvalue weighted by atomic mass is 35.5. The van der Waals surface area contributed by atoms with E-state index < -0.39 is 5.41 Å². The number of hydrogen-bond donors (Lipinski definition) is 0. The number of hydrogen-bond acceptors (Lipinski definition) is 1. The van der Waals surface area contributed by atoms with Crippen LogP contribution >= 0.6 is 34.5 Å². The van der Waals surface area contributed by atoms with Gasteiger partial charge in [-0.1, -0.05) is 120 Å². The molecule has 5 aromatic carbocycles. The summed E-state index contributed by atoms with van der Waals surface area (Å²) in [5.41, 5.74) is 12.0. The van der Waals surface area contributed by atoms with Crippen molar-refractivity contribution in [2.24, 2.45) is 0 Å². The van der Waals surface area contributed by atoms with E-state index >= 15 is 0 Å². The van der Waals surface area contributed by atoms with Gasteiger partial charge in [-0.3, -0.25) is 0 Å². The van der Waals surface area contributed by atoms with Gasteiger partial charge in [0.25, 0.3) is 0 Å². The lowest BCUT2D eigenvalue weighted by atomic mass is 9.70. The third-order valence-corrected chi connectivity index (χ3v) is 9.78. The Balaban J connectivity index is 1.62. The minimum Gasteiger partial charge on any atom is -0.134 e. The van der Waals surface area contributed by atoms with Crippen molar-refractivity contribution in [1.29, 1.82) is 0 Å². The predicted octanol–water partition coefficient (Wildman–Crippen LogP) is 10.7. The number of thiophene rings is 1. The van der Waals surface area contributed by atoms with Crippen molar-refractivity contribution in [3.8, 4) is 43.1 Å². The van der Waals surface area contributed by atoms with E-state index in [-0.39, 0.29) is 0 Å². The summed E-state index contributed by atoms with van der Waals surface area (Å²) < 4.78 is 0. The Morgan fingerprint density at radius 3 is 1.68 bits per heavy atom. The van der Waals surface area contributed by atoms with Gasteiger partial charge in [-0.2, -0.15) is 0 Å². The molecule has 2 aliphatic carbocycles. The standard InChI is InChI=1S/C35H20Cl2S/c36-23-15-17-26-25-13-7-8-14-28(25)35(29(26)19-23)30-20-24(37)16-18-27(30)31-32(35)34(22-11-5-2-6-12-22)38-33(31)21-9-3-1-4-10-21/h1-20H. The normalized spacial score (nSPS) is 16.3. The first kappa shape index (κ1) is 22.4. The average molecular weight is 544 g/mol. The van der Waals surface area contributed by atoms with Crippen molar-refractivity contribution in [2.75, 3.05) is 0 Å². The Labute approximate surface area is 235 Å². The van der Waals surface area contributed by atoms with Crippen LogP contribution in [0.15, 0.2) is 121 Å². The van der Waals surface area contributed by atoms with Crippen LogP contribution in [-0.4, -0.2) is 0 Å². The monoisotopic (exact) mass is 542 g/mol. The first-order chi connectivity index (χ1) is 18.7. The highest BCUT2D eigenvalue weighted by Crippen LogP contribution is 2.68. The number of fused-ring (bicyclic) bond motifs is 10. The summed E-state index contributed by atoms with van der Waals surface area (Å²) in [5, 5.41) is 1.49. The van der Waals surface area contributed by atoms with E-state index in [0.717, 1.165) is 10.0 Å². The molecule has 0 aliphatic heterocycles. The zero-order valence-corrected chi connectivity index (χ0v) is 22.5. The van der Waals surface area contributed by atoms with E-state index in [0.29, 0.717) is 0 Å². The molecule has 0 amide bonds. The van der Waals surface area contributed by atoms with Crippen LogP contribution in [0.5, 0.6) is 0 Å². The second kappa shape index (κ2) is 8.19. The molecule has 0 saturated heterocycles. The molecule has 1 unspecified atom stereocenters. The maximum Gasteiger partial charge on any atom is 0.0741 e. The van der Waals surface area contributed by atoms with Gasteiger partial charge in [0.2, 0.25) is 0 Å². The largest absolute Gasteiger partial charge is 0.134 e. The lowest BCUT2D eigenvalue weighted by molar-refractivity contribution is 0.799. The van der Waals surface area contributed by atoms with Crippen LogP contribution in [0.4, 0.5) is 0 Å². The molecule has 1 atom stereocenters. The van der Waals surface area contributed by atoms with Gasteiger partial charge < -0.3 is 0 Å². The van der Waals surface area contributed by atoms with Crippen LogP contribution < -0.4 is 0 Å². The van der Waals surface area contributed by atoms with Crippen LogP contribution in [-0.2, 0) is 5.41 Å². The minimum atomic E-state index is -0.513. The lowest BCUT2D eigenvalue weighted by Gasteiger charge is -2.31. The van der Waals surface area contributed by atoms with Crippen molar-refractivity contribution in [3.63, 3.8) is 0 Å². The van der Waals surface area contributed by atoms with Crippen LogP contribution in [0.1, 0.15) is 22.3 Å². The summed E-state index contributed by atoms with van der Waals surface area (Å²) in [4.78, 5) is 2.57. The van der Waals surface area contributed by atoms with Gasteiger partial charge in [-0.25, -0.2) is 0 Å². The highest BCUT2D eigenvalue weighted by molar-refractivity contribution is 7.19. The molecular formula is C35H20Cl2S. The second-order valence-electron chi connectivity index (χ2n) is 9.92. The topological polar surface area (TPSA) is 0 Å². The number of benzene rings is 5. The summed E-state index contributed by atoms with van der Waals surface area (Å²) in [6.45, 7) is 0. The second-order valence-corrected chi connectivity index (χ2v) is 11.8. The molecule has 0 bridgehead atoms. The summed E-state index contributed by atoms with van der Waals surface area (Å²) in [6.07, 6.45) is 0. The Bertz CT molecular complexity index is 1890. The summed E-state index contributed by atoms with van der Waals surface area (Å²) in [5.74, 6) is 0. The molecule has 180 valence electrons. The van der Waals surface area contributed by atoms with Gasteiger partial charge in [0.05, 0.1) is 5.41 Å². The minimum absolute atomic E-state index is 0.513. The Morgan fingerprint density at radius 2 is 1.00 bits per heavy atom. The van der Waals surface area contributed by atoms with Gasteiger partial charge in [0, 0.05) is 25.4 Å². The van der Waals surface area contributed by atoms with Crippen molar-refractivity contribution < 1.29 is 0 Å². The van der Waals surface area contributed by atoms with E-state index in [9.17, 15) is 0 Å². The first-order valence-electron chi connectivity index (χ1n) is 12.7. The molecule has 1 heterocycles. The fourth-order valence-corrected chi connectivity index (χ4v) is 8.35. The zero-order valence-electron chi connectivity index (χ0n) is 20.2. The molecule has 0 nitrogen and oxygen atoms in total. The Morgan fingerprint density at radius 1 is 0.474 bits per heavy atom. The van der Waals surface area contributed by atoms with E-state index in [4.69, 9.17) is 23.2 Å². The third kappa shape index (κ3) is 2.87. The summed E-state index contributed by atoms with van der Waals surface area (Å²) >= 11 is 15.4. The molecular weight excluding hydrogens is 523 g/mol. The van der Waals surface area contributed by atoms with Crippen molar-refractivity contribution in [1.82, 2.24) is 0 Å². The van der Waals surface area contributed by atoms with Gasteiger partial charge in [-0.15, -0.1) is 11.3 Å². The van der Waals surface area contributed by atoms with Crippen LogP contribution in [0.25, 0.3) is 43.1 Å². The van der Waals surface area contributed by atoms with E-state index in [1.54, 1.807) is 0 Å². The SMILES string of the molecule is Clc1ccc2c(c1)C1(c3ccccc3-2)c2cc(Cl)ccc2-c2c(-c3ccccc3)sc(-c3ccccc3)c21. The molecule has 6 aromatic rings. The fourth-order valence-electron chi connectivity index (χ4n) is 6.62. The number of rotatable bonds is 2. The molecule has 38 heavy (non-hydrogen) atoms.